The highest BCUT2D eigenvalue weighted by Gasteiger charge is 2.20. The molecule has 0 amide bonds. The Morgan fingerprint density at radius 3 is 2.56 bits per heavy atom. The first-order valence-electron chi connectivity index (χ1n) is 8.44. The first-order chi connectivity index (χ1) is 12.9. The summed E-state index contributed by atoms with van der Waals surface area (Å²) in [4.78, 5) is 4.88. The molecule has 0 radical (unpaired) electrons. The molecular weight excluding hydrogens is 428 g/mol. The summed E-state index contributed by atoms with van der Waals surface area (Å²) < 4.78 is 30.7. The molecule has 4 rings (SSSR count). The third-order valence-electron chi connectivity index (χ3n) is 4.33. The van der Waals surface area contributed by atoms with Crippen LogP contribution in [-0.4, -0.2) is 23.2 Å². The second-order valence-corrected chi connectivity index (χ2v) is 8.88. The third-order valence-corrected chi connectivity index (χ3v) is 6.21. The smallest absolute Gasteiger partial charge is 0.261 e. The molecule has 0 aliphatic carbocycles. The van der Waals surface area contributed by atoms with E-state index in [1.807, 2.05) is 38.1 Å². The summed E-state index contributed by atoms with van der Waals surface area (Å²) in [6.07, 6.45) is 0. The van der Waals surface area contributed by atoms with Crippen molar-refractivity contribution in [2.24, 2.45) is 0 Å². The molecule has 2 heterocycles. The van der Waals surface area contributed by atoms with Crippen molar-refractivity contribution in [3.8, 4) is 0 Å². The number of hydrogen-bond donors (Lipinski definition) is 1. The fourth-order valence-electron chi connectivity index (χ4n) is 2.96. The summed E-state index contributed by atoms with van der Waals surface area (Å²) >= 11 is 3.31. The van der Waals surface area contributed by atoms with E-state index >= 15 is 0 Å². The molecule has 0 saturated heterocycles. The molecule has 0 saturated carbocycles. The van der Waals surface area contributed by atoms with Crippen LogP contribution in [0.2, 0.25) is 0 Å². The molecule has 0 aliphatic heterocycles. The SMILES string of the molecule is CCn1nc(NS(=O)(=O)c2ccc(Br)cc2)c2cc3ccc(C)cc3nc21. The summed E-state index contributed by atoms with van der Waals surface area (Å²) in [6.45, 7) is 4.54. The summed E-state index contributed by atoms with van der Waals surface area (Å²) in [6, 6.07) is 14.4. The Hall–Kier alpha value is -2.45. The molecule has 0 fully saturated rings. The number of fused-ring (bicyclic) bond motifs is 2. The van der Waals surface area contributed by atoms with Crippen LogP contribution in [0.5, 0.6) is 0 Å². The Kier molecular flexibility index (Phi) is 4.39. The van der Waals surface area contributed by atoms with Crippen molar-refractivity contribution in [2.75, 3.05) is 4.72 Å². The number of nitrogens with zero attached hydrogens (tertiary/aromatic N) is 3. The van der Waals surface area contributed by atoms with Gasteiger partial charge in [-0.3, -0.25) is 4.72 Å². The second kappa shape index (κ2) is 6.61. The maximum atomic E-state index is 12.8. The van der Waals surface area contributed by atoms with Crippen LogP contribution < -0.4 is 4.72 Å². The normalized spacial score (nSPS) is 12.0. The average molecular weight is 445 g/mol. The topological polar surface area (TPSA) is 76.9 Å². The number of nitrogens with one attached hydrogen (secondary N) is 1. The molecule has 6 nitrogen and oxygen atoms in total. The van der Waals surface area contributed by atoms with Gasteiger partial charge >= 0.3 is 0 Å². The van der Waals surface area contributed by atoms with Crippen LogP contribution in [0.25, 0.3) is 21.9 Å². The molecule has 1 N–H and O–H groups in total. The van der Waals surface area contributed by atoms with Crippen molar-refractivity contribution in [1.82, 2.24) is 14.8 Å². The summed E-state index contributed by atoms with van der Waals surface area (Å²) in [5, 5.41) is 6.05. The van der Waals surface area contributed by atoms with E-state index < -0.39 is 10.0 Å². The number of halogens is 1. The minimum atomic E-state index is -3.75. The van der Waals surface area contributed by atoms with Gasteiger partial charge in [-0.1, -0.05) is 28.1 Å². The first kappa shape index (κ1) is 17.9. The van der Waals surface area contributed by atoms with E-state index in [9.17, 15) is 8.42 Å². The van der Waals surface area contributed by atoms with Crippen LogP contribution in [0.4, 0.5) is 5.82 Å². The van der Waals surface area contributed by atoms with E-state index in [0.29, 0.717) is 17.6 Å². The van der Waals surface area contributed by atoms with Crippen molar-refractivity contribution in [1.29, 1.82) is 0 Å². The highest BCUT2D eigenvalue weighted by Crippen LogP contribution is 2.28. The van der Waals surface area contributed by atoms with Gasteiger partial charge in [-0.2, -0.15) is 5.10 Å². The predicted octanol–water partition coefficient (Wildman–Crippen LogP) is 4.48. The van der Waals surface area contributed by atoms with Crippen LogP contribution >= 0.6 is 15.9 Å². The second-order valence-electron chi connectivity index (χ2n) is 6.28. The van der Waals surface area contributed by atoms with Gasteiger partial charge in [-0.15, -0.1) is 0 Å². The highest BCUT2D eigenvalue weighted by atomic mass is 79.9. The quantitative estimate of drug-likeness (QED) is 0.503. The number of rotatable bonds is 4. The van der Waals surface area contributed by atoms with E-state index in [0.717, 1.165) is 20.9 Å². The van der Waals surface area contributed by atoms with Gasteiger partial charge in [0.25, 0.3) is 10.0 Å². The van der Waals surface area contributed by atoms with Crippen LogP contribution in [-0.2, 0) is 16.6 Å². The lowest BCUT2D eigenvalue weighted by Crippen LogP contribution is -2.13. The Labute approximate surface area is 165 Å². The van der Waals surface area contributed by atoms with Gasteiger partial charge in [-0.25, -0.2) is 18.1 Å². The summed E-state index contributed by atoms with van der Waals surface area (Å²) in [7, 11) is -3.75. The van der Waals surface area contributed by atoms with Crippen LogP contribution in [0, 0.1) is 6.92 Å². The Bertz CT molecular complexity index is 1260. The van der Waals surface area contributed by atoms with Gasteiger partial charge in [0.1, 0.15) is 0 Å². The standard InChI is InChI=1S/C19H17BrN4O2S/c1-3-24-19-16(11-13-5-4-12(2)10-17(13)21-19)18(22-24)23-27(25,26)15-8-6-14(20)7-9-15/h4-11H,3H2,1-2H3,(H,22,23). The number of aromatic nitrogens is 3. The molecule has 0 spiro atoms. The maximum Gasteiger partial charge on any atom is 0.263 e. The largest absolute Gasteiger partial charge is 0.263 e. The molecule has 2 aromatic heterocycles. The lowest BCUT2D eigenvalue weighted by atomic mass is 10.1. The highest BCUT2D eigenvalue weighted by molar-refractivity contribution is 9.10. The van der Waals surface area contributed by atoms with E-state index in [1.165, 1.54) is 0 Å². The fraction of sp³-hybridized carbons (Fsp3) is 0.158. The molecule has 0 unspecified atom stereocenters. The Balaban J connectivity index is 1.86. The molecule has 2 aromatic carbocycles. The van der Waals surface area contributed by atoms with E-state index in [-0.39, 0.29) is 10.7 Å². The van der Waals surface area contributed by atoms with E-state index in [4.69, 9.17) is 4.98 Å². The van der Waals surface area contributed by atoms with Gasteiger partial charge in [0.15, 0.2) is 11.5 Å². The number of anilines is 1. The zero-order valence-electron chi connectivity index (χ0n) is 14.8. The average Bonchev–Trinajstić information content (AvgIpc) is 2.96. The van der Waals surface area contributed by atoms with E-state index in [1.54, 1.807) is 28.9 Å². The fourth-order valence-corrected chi connectivity index (χ4v) is 4.24. The zero-order chi connectivity index (χ0) is 19.2. The number of hydrogen-bond acceptors (Lipinski definition) is 4. The van der Waals surface area contributed by atoms with Gasteiger partial charge < -0.3 is 0 Å². The van der Waals surface area contributed by atoms with Crippen molar-refractivity contribution in [3.63, 3.8) is 0 Å². The van der Waals surface area contributed by atoms with Gasteiger partial charge in [0.2, 0.25) is 0 Å². The van der Waals surface area contributed by atoms with Crippen LogP contribution in [0.3, 0.4) is 0 Å². The molecule has 0 atom stereocenters. The molecule has 0 bridgehead atoms. The molecule has 4 aromatic rings. The minimum absolute atomic E-state index is 0.175. The molecule has 138 valence electrons. The van der Waals surface area contributed by atoms with E-state index in [2.05, 4.69) is 25.8 Å². The van der Waals surface area contributed by atoms with Crippen LogP contribution in [0.15, 0.2) is 57.9 Å². The van der Waals surface area contributed by atoms with Gasteiger partial charge in [-0.05, 0) is 55.8 Å². The molecular formula is C19H17BrN4O2S. The third kappa shape index (κ3) is 3.30. The van der Waals surface area contributed by atoms with Gasteiger partial charge in [0, 0.05) is 16.4 Å². The minimum Gasteiger partial charge on any atom is -0.261 e. The van der Waals surface area contributed by atoms with Crippen molar-refractivity contribution in [2.45, 2.75) is 25.3 Å². The molecule has 27 heavy (non-hydrogen) atoms. The monoisotopic (exact) mass is 444 g/mol. The molecule has 0 aliphatic rings. The number of aryl methyl sites for hydroxylation is 2. The summed E-state index contributed by atoms with van der Waals surface area (Å²) in [5.74, 6) is 0.282. The van der Waals surface area contributed by atoms with Crippen molar-refractivity contribution < 1.29 is 8.42 Å². The lowest BCUT2D eigenvalue weighted by molar-refractivity contribution is 0.600. The van der Waals surface area contributed by atoms with Crippen molar-refractivity contribution in [3.05, 3.63) is 58.6 Å². The molecule has 8 heteroatoms. The maximum absolute atomic E-state index is 12.8. The number of benzene rings is 2. The van der Waals surface area contributed by atoms with Crippen LogP contribution in [0.1, 0.15) is 12.5 Å². The zero-order valence-corrected chi connectivity index (χ0v) is 17.2. The number of sulfonamides is 1. The first-order valence-corrected chi connectivity index (χ1v) is 10.7. The predicted molar refractivity (Wildman–Crippen MR) is 110 cm³/mol. The van der Waals surface area contributed by atoms with Gasteiger partial charge in [0.05, 0.1) is 15.8 Å². The Morgan fingerprint density at radius 1 is 1.11 bits per heavy atom. The Morgan fingerprint density at radius 2 is 1.85 bits per heavy atom. The summed E-state index contributed by atoms with van der Waals surface area (Å²) in [5.41, 5.74) is 2.64. The number of pyridine rings is 1. The van der Waals surface area contributed by atoms with Crippen molar-refractivity contribution >= 4 is 53.7 Å². The lowest BCUT2D eigenvalue weighted by Gasteiger charge is -2.06.